The third-order valence-corrected chi connectivity index (χ3v) is 4.87. The van der Waals surface area contributed by atoms with Crippen LogP contribution in [0.3, 0.4) is 0 Å². The Labute approximate surface area is 106 Å². The van der Waals surface area contributed by atoms with Crippen LogP contribution >= 0.6 is 0 Å². The molecule has 0 radical (unpaired) electrons. The van der Waals surface area contributed by atoms with E-state index >= 15 is 0 Å². The topological polar surface area (TPSA) is 35.2 Å². The van der Waals surface area contributed by atoms with Crippen LogP contribution in [0, 0.1) is 5.92 Å². The van der Waals surface area contributed by atoms with Crippen LogP contribution in [0.2, 0.25) is 0 Å². The lowest BCUT2D eigenvalue weighted by atomic mass is 9.76. The fraction of sp³-hybridized carbons (Fsp3) is 1.00. The molecule has 0 aromatic rings. The highest BCUT2D eigenvalue weighted by Crippen LogP contribution is 2.38. The van der Waals surface area contributed by atoms with E-state index in [1.54, 1.807) is 0 Å². The maximum atomic E-state index is 6.52. The summed E-state index contributed by atoms with van der Waals surface area (Å²) in [5.41, 5.74) is 6.55. The molecule has 0 heterocycles. The van der Waals surface area contributed by atoms with E-state index in [0.717, 1.165) is 12.5 Å². The van der Waals surface area contributed by atoms with Gasteiger partial charge >= 0.3 is 0 Å². The van der Waals surface area contributed by atoms with Crippen molar-refractivity contribution in [3.8, 4) is 0 Å². The Bertz CT molecular complexity index is 211. The summed E-state index contributed by atoms with van der Waals surface area (Å²) in [6.45, 7) is 2.93. The highest BCUT2D eigenvalue weighted by atomic mass is 16.5. The van der Waals surface area contributed by atoms with Crippen LogP contribution in [0.5, 0.6) is 0 Å². The SMILES string of the molecule is CCOC1(C(N)CC2CCCC2)CCCCC1. The van der Waals surface area contributed by atoms with E-state index in [1.165, 1.54) is 64.2 Å². The first-order valence-electron chi connectivity index (χ1n) is 7.66. The Morgan fingerprint density at radius 3 is 2.35 bits per heavy atom. The molecule has 17 heavy (non-hydrogen) atoms. The van der Waals surface area contributed by atoms with Gasteiger partial charge in [-0.05, 0) is 32.1 Å². The van der Waals surface area contributed by atoms with Gasteiger partial charge in [0, 0.05) is 12.6 Å². The normalized spacial score (nSPS) is 27.2. The molecule has 0 amide bonds. The van der Waals surface area contributed by atoms with E-state index in [2.05, 4.69) is 6.92 Å². The van der Waals surface area contributed by atoms with E-state index < -0.39 is 0 Å². The summed E-state index contributed by atoms with van der Waals surface area (Å²) in [5.74, 6) is 0.879. The van der Waals surface area contributed by atoms with Gasteiger partial charge in [0.2, 0.25) is 0 Å². The zero-order valence-electron chi connectivity index (χ0n) is 11.4. The largest absolute Gasteiger partial charge is 0.374 e. The molecule has 1 unspecified atom stereocenters. The molecule has 1 atom stereocenters. The van der Waals surface area contributed by atoms with Crippen molar-refractivity contribution in [3.05, 3.63) is 0 Å². The molecule has 0 spiro atoms. The van der Waals surface area contributed by atoms with E-state index in [0.29, 0.717) is 0 Å². The standard InChI is InChI=1S/C15H29NO/c1-2-17-15(10-6-3-7-11-15)14(16)12-13-8-4-5-9-13/h13-14H,2-12,16H2,1H3. The highest BCUT2D eigenvalue weighted by Gasteiger charge is 2.39. The van der Waals surface area contributed by atoms with Crippen molar-refractivity contribution in [1.82, 2.24) is 0 Å². The molecule has 2 aliphatic carbocycles. The smallest absolute Gasteiger partial charge is 0.0832 e. The van der Waals surface area contributed by atoms with Gasteiger partial charge in [0.1, 0.15) is 0 Å². The Balaban J connectivity index is 1.93. The lowest BCUT2D eigenvalue weighted by molar-refractivity contribution is -0.0858. The number of ether oxygens (including phenoxy) is 1. The van der Waals surface area contributed by atoms with Gasteiger partial charge in [-0.25, -0.2) is 0 Å². The Morgan fingerprint density at radius 1 is 1.12 bits per heavy atom. The molecule has 2 fully saturated rings. The van der Waals surface area contributed by atoms with Crippen LogP contribution in [-0.2, 0) is 4.74 Å². The van der Waals surface area contributed by atoms with Crippen molar-refractivity contribution in [2.45, 2.75) is 82.8 Å². The second-order valence-electron chi connectivity index (χ2n) is 6.05. The third kappa shape index (κ3) is 3.23. The summed E-state index contributed by atoms with van der Waals surface area (Å²) >= 11 is 0. The molecule has 0 bridgehead atoms. The van der Waals surface area contributed by atoms with Gasteiger partial charge in [0.15, 0.2) is 0 Å². The highest BCUT2D eigenvalue weighted by molar-refractivity contribution is 4.95. The van der Waals surface area contributed by atoms with Gasteiger partial charge in [0.25, 0.3) is 0 Å². The minimum Gasteiger partial charge on any atom is -0.374 e. The molecule has 0 aromatic heterocycles. The summed E-state index contributed by atoms with van der Waals surface area (Å²) in [6.07, 6.45) is 13.2. The summed E-state index contributed by atoms with van der Waals surface area (Å²) < 4.78 is 6.12. The summed E-state index contributed by atoms with van der Waals surface area (Å²) in [5, 5.41) is 0. The zero-order valence-corrected chi connectivity index (χ0v) is 11.4. The maximum Gasteiger partial charge on any atom is 0.0832 e. The van der Waals surface area contributed by atoms with Gasteiger partial charge < -0.3 is 10.5 Å². The van der Waals surface area contributed by atoms with E-state index in [9.17, 15) is 0 Å². The first kappa shape index (κ1) is 13.4. The average molecular weight is 239 g/mol. The van der Waals surface area contributed by atoms with Crippen molar-refractivity contribution in [1.29, 1.82) is 0 Å². The Kier molecular flexibility index (Phi) is 4.87. The van der Waals surface area contributed by atoms with Crippen molar-refractivity contribution in [2.24, 2.45) is 11.7 Å². The Morgan fingerprint density at radius 2 is 1.76 bits per heavy atom. The van der Waals surface area contributed by atoms with Crippen molar-refractivity contribution < 1.29 is 4.74 Å². The fourth-order valence-electron chi connectivity index (χ4n) is 3.88. The number of hydrogen-bond acceptors (Lipinski definition) is 2. The van der Waals surface area contributed by atoms with Gasteiger partial charge in [-0.2, -0.15) is 0 Å². The fourth-order valence-corrected chi connectivity index (χ4v) is 3.88. The second-order valence-corrected chi connectivity index (χ2v) is 6.05. The minimum atomic E-state index is 0.0234. The molecule has 100 valence electrons. The van der Waals surface area contributed by atoms with Gasteiger partial charge in [-0.15, -0.1) is 0 Å². The first-order chi connectivity index (χ1) is 8.27. The lowest BCUT2D eigenvalue weighted by Gasteiger charge is -2.42. The predicted octanol–water partition coefficient (Wildman–Crippen LogP) is 3.63. The second kappa shape index (κ2) is 6.19. The van der Waals surface area contributed by atoms with E-state index in [-0.39, 0.29) is 11.6 Å². The molecular weight excluding hydrogens is 210 g/mol. The Hall–Kier alpha value is -0.0800. The van der Waals surface area contributed by atoms with Crippen LogP contribution in [0.15, 0.2) is 0 Å². The van der Waals surface area contributed by atoms with Crippen LogP contribution in [0.25, 0.3) is 0 Å². The molecule has 2 rings (SSSR count). The predicted molar refractivity (Wildman–Crippen MR) is 72.0 cm³/mol. The lowest BCUT2D eigenvalue weighted by Crippen LogP contribution is -2.52. The number of rotatable bonds is 5. The summed E-state index contributed by atoms with van der Waals surface area (Å²) in [6, 6.07) is 0.269. The molecule has 0 aromatic carbocycles. The molecule has 2 heteroatoms. The maximum absolute atomic E-state index is 6.52. The monoisotopic (exact) mass is 239 g/mol. The van der Waals surface area contributed by atoms with E-state index in [4.69, 9.17) is 10.5 Å². The van der Waals surface area contributed by atoms with Gasteiger partial charge in [-0.1, -0.05) is 44.9 Å². The van der Waals surface area contributed by atoms with Crippen molar-refractivity contribution >= 4 is 0 Å². The average Bonchev–Trinajstić information content (AvgIpc) is 2.83. The molecule has 2 nitrogen and oxygen atoms in total. The first-order valence-corrected chi connectivity index (χ1v) is 7.66. The van der Waals surface area contributed by atoms with Crippen LogP contribution in [0.1, 0.15) is 71.1 Å². The minimum absolute atomic E-state index is 0.0234. The van der Waals surface area contributed by atoms with Crippen LogP contribution in [0.4, 0.5) is 0 Å². The van der Waals surface area contributed by atoms with Crippen molar-refractivity contribution in [3.63, 3.8) is 0 Å². The molecule has 2 aliphatic rings. The van der Waals surface area contributed by atoms with Crippen molar-refractivity contribution in [2.75, 3.05) is 6.61 Å². The number of nitrogens with two attached hydrogens (primary N) is 1. The molecule has 2 N–H and O–H groups in total. The van der Waals surface area contributed by atoms with Gasteiger partial charge in [0.05, 0.1) is 5.60 Å². The van der Waals surface area contributed by atoms with Crippen LogP contribution < -0.4 is 5.73 Å². The summed E-state index contributed by atoms with van der Waals surface area (Å²) in [7, 11) is 0. The van der Waals surface area contributed by atoms with E-state index in [1.807, 2.05) is 0 Å². The zero-order chi connectivity index (χ0) is 12.1. The van der Waals surface area contributed by atoms with Gasteiger partial charge in [-0.3, -0.25) is 0 Å². The number of hydrogen-bond donors (Lipinski definition) is 1. The molecule has 0 saturated heterocycles. The molecule has 2 saturated carbocycles. The quantitative estimate of drug-likeness (QED) is 0.795. The van der Waals surface area contributed by atoms with Crippen LogP contribution in [-0.4, -0.2) is 18.2 Å². The molecule has 0 aliphatic heterocycles. The summed E-state index contributed by atoms with van der Waals surface area (Å²) in [4.78, 5) is 0. The molecular formula is C15H29NO. The third-order valence-electron chi connectivity index (χ3n) is 4.87.